The summed E-state index contributed by atoms with van der Waals surface area (Å²) in [6, 6.07) is 4.36. The lowest BCUT2D eigenvalue weighted by atomic mass is 9.78. The Bertz CT molecular complexity index is 388. The zero-order valence-corrected chi connectivity index (χ0v) is 9.34. The smallest absolute Gasteiger partial charge is 0.478 e. The van der Waals surface area contributed by atoms with Gasteiger partial charge in [-0.3, -0.25) is 0 Å². The number of hydrogen-bond acceptors (Lipinski definition) is 3. The predicted octanol–water partition coefficient (Wildman–Crippen LogP) is 0.263. The van der Waals surface area contributed by atoms with Gasteiger partial charge in [-0.15, -0.1) is 0 Å². The van der Waals surface area contributed by atoms with Gasteiger partial charge in [0.05, 0.1) is 5.56 Å². The van der Waals surface area contributed by atoms with E-state index in [4.69, 9.17) is 15.2 Å². The number of carboxylic acid groups (broad SMARTS) is 1. The van der Waals surface area contributed by atoms with Crippen molar-refractivity contribution in [2.45, 2.75) is 20.3 Å². The van der Waals surface area contributed by atoms with E-state index in [-0.39, 0.29) is 5.56 Å². The first kappa shape index (κ1) is 12.7. The van der Waals surface area contributed by atoms with Crippen molar-refractivity contribution in [1.82, 2.24) is 0 Å². The summed E-state index contributed by atoms with van der Waals surface area (Å²) in [5, 5.41) is 27.0. The third kappa shape index (κ3) is 3.08. The Morgan fingerprint density at radius 2 is 2.00 bits per heavy atom. The number of rotatable bonds is 4. The molecule has 0 heterocycles. The molecule has 0 atom stereocenters. The highest BCUT2D eigenvalue weighted by Crippen LogP contribution is 2.13. The van der Waals surface area contributed by atoms with Gasteiger partial charge < -0.3 is 15.2 Å². The maximum atomic E-state index is 11.0. The van der Waals surface area contributed by atoms with E-state index >= 15 is 0 Å². The molecule has 0 saturated heterocycles. The van der Waals surface area contributed by atoms with Crippen molar-refractivity contribution in [3.05, 3.63) is 29.3 Å². The van der Waals surface area contributed by atoms with Crippen LogP contribution in [-0.4, -0.2) is 28.2 Å². The molecule has 1 rings (SSSR count). The maximum absolute atomic E-state index is 11.0. The van der Waals surface area contributed by atoms with Crippen LogP contribution >= 0.6 is 0 Å². The summed E-state index contributed by atoms with van der Waals surface area (Å²) >= 11 is 0. The average molecular weight is 222 g/mol. The van der Waals surface area contributed by atoms with Gasteiger partial charge in [0.25, 0.3) is 0 Å². The standard InChI is InChI=1S/C11H15BO4/c1-7(2)5-8-6-9(12(15)16)3-4-10(8)11(13)14/h3-4,6-7,15-16H,5H2,1-2H3,(H,13,14). The molecule has 0 unspecified atom stereocenters. The minimum atomic E-state index is -1.56. The van der Waals surface area contributed by atoms with E-state index in [2.05, 4.69) is 0 Å². The molecule has 0 radical (unpaired) electrons. The van der Waals surface area contributed by atoms with Crippen LogP contribution in [0.3, 0.4) is 0 Å². The average Bonchev–Trinajstić information content (AvgIpc) is 2.15. The van der Waals surface area contributed by atoms with Gasteiger partial charge in [0, 0.05) is 0 Å². The molecule has 4 nitrogen and oxygen atoms in total. The van der Waals surface area contributed by atoms with Crippen molar-refractivity contribution in [1.29, 1.82) is 0 Å². The zero-order chi connectivity index (χ0) is 12.3. The topological polar surface area (TPSA) is 77.8 Å². The summed E-state index contributed by atoms with van der Waals surface area (Å²) in [6.07, 6.45) is 0.599. The van der Waals surface area contributed by atoms with Crippen molar-refractivity contribution in [2.75, 3.05) is 0 Å². The molecule has 0 aliphatic heterocycles. The first-order valence-electron chi connectivity index (χ1n) is 5.14. The molecule has 0 saturated carbocycles. The maximum Gasteiger partial charge on any atom is 0.488 e. The van der Waals surface area contributed by atoms with Gasteiger partial charge in [0.15, 0.2) is 0 Å². The molecule has 0 amide bonds. The lowest BCUT2D eigenvalue weighted by molar-refractivity contribution is 0.0695. The molecule has 0 spiro atoms. The highest BCUT2D eigenvalue weighted by atomic mass is 16.4. The molecule has 0 fully saturated rings. The molecule has 1 aromatic carbocycles. The molecule has 3 N–H and O–H groups in total. The second-order valence-electron chi connectivity index (χ2n) is 4.19. The van der Waals surface area contributed by atoms with Crippen LogP contribution in [0.15, 0.2) is 18.2 Å². The molecule has 86 valence electrons. The highest BCUT2D eigenvalue weighted by molar-refractivity contribution is 6.58. The van der Waals surface area contributed by atoms with Crippen molar-refractivity contribution >= 4 is 18.6 Å². The fraction of sp³-hybridized carbons (Fsp3) is 0.364. The second kappa shape index (κ2) is 5.14. The van der Waals surface area contributed by atoms with Crippen LogP contribution < -0.4 is 5.46 Å². The Morgan fingerprint density at radius 1 is 1.38 bits per heavy atom. The Balaban J connectivity index is 3.15. The van der Waals surface area contributed by atoms with E-state index in [1.54, 1.807) is 0 Å². The molecular weight excluding hydrogens is 207 g/mol. The van der Waals surface area contributed by atoms with Crippen molar-refractivity contribution < 1.29 is 19.9 Å². The van der Waals surface area contributed by atoms with Crippen LogP contribution in [-0.2, 0) is 6.42 Å². The Labute approximate surface area is 94.7 Å². The van der Waals surface area contributed by atoms with E-state index in [1.165, 1.54) is 18.2 Å². The van der Waals surface area contributed by atoms with Gasteiger partial charge in [0.2, 0.25) is 0 Å². The van der Waals surface area contributed by atoms with E-state index in [9.17, 15) is 4.79 Å². The fourth-order valence-corrected chi connectivity index (χ4v) is 1.59. The van der Waals surface area contributed by atoms with Crippen LogP contribution in [0.4, 0.5) is 0 Å². The summed E-state index contributed by atoms with van der Waals surface area (Å²) in [6.45, 7) is 3.96. The SMILES string of the molecule is CC(C)Cc1cc(B(O)O)ccc1C(=O)O. The quantitative estimate of drug-likeness (QED) is 0.638. The summed E-state index contributed by atoms with van der Waals surface area (Å²) in [5.41, 5.74) is 1.17. The van der Waals surface area contributed by atoms with Gasteiger partial charge in [-0.2, -0.15) is 0 Å². The number of carboxylic acids is 1. The van der Waals surface area contributed by atoms with Crippen LogP contribution in [0, 0.1) is 5.92 Å². The van der Waals surface area contributed by atoms with Gasteiger partial charge >= 0.3 is 13.1 Å². The summed E-state index contributed by atoms with van der Waals surface area (Å²) in [5.74, 6) is -0.682. The molecule has 0 aliphatic carbocycles. The molecule has 1 aromatic rings. The Morgan fingerprint density at radius 3 is 2.44 bits per heavy atom. The Kier molecular flexibility index (Phi) is 4.09. The van der Waals surface area contributed by atoms with E-state index in [0.29, 0.717) is 23.4 Å². The number of benzene rings is 1. The van der Waals surface area contributed by atoms with E-state index in [0.717, 1.165) is 0 Å². The zero-order valence-electron chi connectivity index (χ0n) is 9.34. The fourth-order valence-electron chi connectivity index (χ4n) is 1.59. The molecular formula is C11H15BO4. The molecule has 16 heavy (non-hydrogen) atoms. The first-order chi connectivity index (χ1) is 7.41. The summed E-state index contributed by atoms with van der Waals surface area (Å²) < 4.78 is 0. The van der Waals surface area contributed by atoms with Crippen molar-refractivity contribution in [3.8, 4) is 0 Å². The summed E-state index contributed by atoms with van der Waals surface area (Å²) in [4.78, 5) is 11.0. The molecule has 0 bridgehead atoms. The highest BCUT2D eigenvalue weighted by Gasteiger charge is 2.16. The lowest BCUT2D eigenvalue weighted by Crippen LogP contribution is -2.30. The number of carbonyl (C=O) groups is 1. The number of aromatic carboxylic acids is 1. The summed E-state index contributed by atoms with van der Waals surface area (Å²) in [7, 11) is -1.56. The van der Waals surface area contributed by atoms with Gasteiger partial charge in [-0.25, -0.2) is 4.79 Å². The van der Waals surface area contributed by atoms with Crippen molar-refractivity contribution in [2.24, 2.45) is 5.92 Å². The lowest BCUT2D eigenvalue weighted by Gasteiger charge is -2.10. The van der Waals surface area contributed by atoms with Crippen LogP contribution in [0.2, 0.25) is 0 Å². The van der Waals surface area contributed by atoms with Gasteiger partial charge in [-0.1, -0.05) is 26.0 Å². The van der Waals surface area contributed by atoms with E-state index < -0.39 is 13.1 Å². The van der Waals surface area contributed by atoms with Crippen LogP contribution in [0.25, 0.3) is 0 Å². The monoisotopic (exact) mass is 222 g/mol. The van der Waals surface area contributed by atoms with Gasteiger partial charge in [0.1, 0.15) is 0 Å². The predicted molar refractivity (Wildman–Crippen MR) is 61.8 cm³/mol. The molecule has 0 aromatic heterocycles. The third-order valence-corrected chi connectivity index (χ3v) is 2.29. The van der Waals surface area contributed by atoms with Crippen LogP contribution in [0.5, 0.6) is 0 Å². The second-order valence-corrected chi connectivity index (χ2v) is 4.19. The van der Waals surface area contributed by atoms with Crippen LogP contribution in [0.1, 0.15) is 29.8 Å². The molecule has 5 heteroatoms. The van der Waals surface area contributed by atoms with Crippen molar-refractivity contribution in [3.63, 3.8) is 0 Å². The van der Waals surface area contributed by atoms with Gasteiger partial charge in [-0.05, 0) is 29.4 Å². The number of hydrogen-bond donors (Lipinski definition) is 3. The largest absolute Gasteiger partial charge is 0.488 e. The first-order valence-corrected chi connectivity index (χ1v) is 5.14. The minimum absolute atomic E-state index is 0.220. The minimum Gasteiger partial charge on any atom is -0.478 e. The Hall–Kier alpha value is -1.33. The normalized spacial score (nSPS) is 10.6. The third-order valence-electron chi connectivity index (χ3n) is 2.29. The van der Waals surface area contributed by atoms with E-state index in [1.807, 2.05) is 13.8 Å². The molecule has 0 aliphatic rings.